The van der Waals surface area contributed by atoms with E-state index >= 15 is 0 Å². The van der Waals surface area contributed by atoms with Crippen molar-refractivity contribution in [2.75, 3.05) is 5.75 Å². The zero-order valence-electron chi connectivity index (χ0n) is 21.0. The summed E-state index contributed by atoms with van der Waals surface area (Å²) in [4.78, 5) is 12.7. The van der Waals surface area contributed by atoms with E-state index < -0.39 is 0 Å². The minimum absolute atomic E-state index is 0.157. The molecule has 0 bridgehead atoms. The molecular weight excluding hydrogens is 478 g/mol. The van der Waals surface area contributed by atoms with E-state index in [4.69, 9.17) is 0 Å². The number of carbonyl (C=O) groups is 1. The maximum atomic E-state index is 12.7. The Hall–Kier alpha value is -4.23. The number of hydrazone groups is 1. The van der Waals surface area contributed by atoms with Crippen LogP contribution in [0.3, 0.4) is 0 Å². The fourth-order valence-electron chi connectivity index (χ4n) is 4.09. The molecule has 0 saturated carbocycles. The first-order valence-corrected chi connectivity index (χ1v) is 13.0. The number of aryl methyl sites for hydroxylation is 2. The molecule has 4 aromatic carbocycles. The molecule has 0 aliphatic heterocycles. The molecule has 1 N–H and O–H groups in total. The van der Waals surface area contributed by atoms with Crippen LogP contribution in [0.1, 0.15) is 23.6 Å². The van der Waals surface area contributed by atoms with Gasteiger partial charge in [-0.1, -0.05) is 102 Å². The standard InChI is InChI=1S/C30H27N5OS/c1-20-11-15-24(16-12-20)29-33-34-30(35(29)25-17-13-21(2)14-18-25)37-19-28(36)32-31-22(3)26-10-6-8-23-7-4-5-9-27(23)26/h4-18H,19H2,1-3H3,(H,32,36)/b31-22-. The second kappa shape index (κ2) is 10.8. The molecule has 1 aromatic heterocycles. The highest BCUT2D eigenvalue weighted by molar-refractivity contribution is 7.99. The van der Waals surface area contributed by atoms with Crippen molar-refractivity contribution in [1.29, 1.82) is 0 Å². The maximum Gasteiger partial charge on any atom is 0.250 e. The molecule has 5 aromatic rings. The molecule has 184 valence electrons. The number of fused-ring (bicyclic) bond motifs is 1. The molecule has 0 unspecified atom stereocenters. The van der Waals surface area contributed by atoms with Gasteiger partial charge in [0.2, 0.25) is 0 Å². The first kappa shape index (κ1) is 24.5. The lowest BCUT2D eigenvalue weighted by Gasteiger charge is -2.11. The number of benzene rings is 4. The van der Waals surface area contributed by atoms with Crippen molar-refractivity contribution in [1.82, 2.24) is 20.2 Å². The molecule has 0 aliphatic rings. The average Bonchev–Trinajstić information content (AvgIpc) is 3.35. The maximum absolute atomic E-state index is 12.7. The lowest BCUT2D eigenvalue weighted by atomic mass is 10.0. The Labute approximate surface area is 220 Å². The van der Waals surface area contributed by atoms with Crippen LogP contribution in [0.15, 0.2) is 101 Å². The second-order valence-electron chi connectivity index (χ2n) is 8.89. The molecule has 1 amide bonds. The number of nitrogens with one attached hydrogen (secondary N) is 1. The summed E-state index contributed by atoms with van der Waals surface area (Å²) in [5, 5.41) is 16.1. The third kappa shape index (κ3) is 5.47. The number of carbonyl (C=O) groups excluding carboxylic acids is 1. The number of amides is 1. The fourth-order valence-corrected chi connectivity index (χ4v) is 4.83. The molecule has 0 spiro atoms. The number of hydrogen-bond donors (Lipinski definition) is 1. The first-order chi connectivity index (χ1) is 18.0. The van der Waals surface area contributed by atoms with Crippen molar-refractivity contribution in [3.8, 4) is 17.1 Å². The second-order valence-corrected chi connectivity index (χ2v) is 9.83. The Balaban J connectivity index is 1.35. The fraction of sp³-hybridized carbons (Fsp3) is 0.133. The minimum atomic E-state index is -0.208. The highest BCUT2D eigenvalue weighted by atomic mass is 32.2. The van der Waals surface area contributed by atoms with Gasteiger partial charge in [-0.25, -0.2) is 5.43 Å². The molecule has 1 heterocycles. The van der Waals surface area contributed by atoms with E-state index in [9.17, 15) is 4.79 Å². The van der Waals surface area contributed by atoms with Crippen LogP contribution < -0.4 is 5.43 Å². The van der Waals surface area contributed by atoms with Crippen LogP contribution in [0.5, 0.6) is 0 Å². The summed E-state index contributed by atoms with van der Waals surface area (Å²) in [5.74, 6) is 0.682. The Morgan fingerprint density at radius 1 is 0.865 bits per heavy atom. The van der Waals surface area contributed by atoms with Gasteiger partial charge in [-0.15, -0.1) is 10.2 Å². The number of thioether (sulfide) groups is 1. The summed E-state index contributed by atoms with van der Waals surface area (Å²) in [5.41, 5.74) is 8.69. The van der Waals surface area contributed by atoms with Crippen LogP contribution in [0, 0.1) is 13.8 Å². The summed E-state index contributed by atoms with van der Waals surface area (Å²) in [6.45, 7) is 6.01. The van der Waals surface area contributed by atoms with Crippen molar-refractivity contribution in [3.63, 3.8) is 0 Å². The molecular formula is C30H27N5OS. The number of rotatable bonds is 7. The summed E-state index contributed by atoms with van der Waals surface area (Å²) in [7, 11) is 0. The van der Waals surface area contributed by atoms with Crippen LogP contribution in [0.4, 0.5) is 0 Å². The molecule has 0 atom stereocenters. The summed E-state index contributed by atoms with van der Waals surface area (Å²) >= 11 is 1.33. The molecule has 0 fully saturated rings. The van der Waals surface area contributed by atoms with Crippen LogP contribution >= 0.6 is 11.8 Å². The molecule has 0 saturated heterocycles. The molecule has 0 radical (unpaired) electrons. The predicted octanol–water partition coefficient (Wildman–Crippen LogP) is 6.34. The zero-order chi connectivity index (χ0) is 25.8. The summed E-state index contributed by atoms with van der Waals surface area (Å²) in [6, 6.07) is 30.6. The topological polar surface area (TPSA) is 72.2 Å². The number of hydrogen-bond acceptors (Lipinski definition) is 5. The van der Waals surface area contributed by atoms with Gasteiger partial charge in [0.1, 0.15) is 0 Å². The monoisotopic (exact) mass is 505 g/mol. The third-order valence-electron chi connectivity index (χ3n) is 6.10. The molecule has 5 rings (SSSR count). The van der Waals surface area contributed by atoms with E-state index in [-0.39, 0.29) is 11.7 Å². The van der Waals surface area contributed by atoms with Gasteiger partial charge in [-0.3, -0.25) is 9.36 Å². The van der Waals surface area contributed by atoms with E-state index in [1.807, 2.05) is 60.0 Å². The van der Waals surface area contributed by atoms with Crippen LogP contribution in [0.25, 0.3) is 27.8 Å². The van der Waals surface area contributed by atoms with E-state index in [0.717, 1.165) is 39.1 Å². The van der Waals surface area contributed by atoms with Crippen LogP contribution in [0.2, 0.25) is 0 Å². The van der Waals surface area contributed by atoms with Gasteiger partial charge >= 0.3 is 0 Å². The van der Waals surface area contributed by atoms with Gasteiger partial charge in [-0.2, -0.15) is 5.10 Å². The predicted molar refractivity (Wildman–Crippen MR) is 151 cm³/mol. The highest BCUT2D eigenvalue weighted by Gasteiger charge is 2.17. The zero-order valence-corrected chi connectivity index (χ0v) is 21.8. The Morgan fingerprint density at radius 2 is 1.54 bits per heavy atom. The summed E-state index contributed by atoms with van der Waals surface area (Å²) < 4.78 is 1.99. The van der Waals surface area contributed by atoms with Crippen LogP contribution in [-0.4, -0.2) is 32.1 Å². The van der Waals surface area contributed by atoms with Crippen molar-refractivity contribution in [2.24, 2.45) is 5.10 Å². The average molecular weight is 506 g/mol. The van der Waals surface area contributed by atoms with E-state index in [1.54, 1.807) is 0 Å². The minimum Gasteiger partial charge on any atom is -0.272 e. The Kier molecular flexibility index (Phi) is 7.14. The smallest absolute Gasteiger partial charge is 0.250 e. The van der Waals surface area contributed by atoms with Gasteiger partial charge < -0.3 is 0 Å². The highest BCUT2D eigenvalue weighted by Crippen LogP contribution is 2.28. The van der Waals surface area contributed by atoms with Gasteiger partial charge in [-0.05, 0) is 43.7 Å². The molecule has 6 nitrogen and oxygen atoms in total. The SMILES string of the molecule is C/C(=N/NC(=O)CSc1nnc(-c2ccc(C)cc2)n1-c1ccc(C)cc1)c1cccc2ccccc12. The van der Waals surface area contributed by atoms with Gasteiger partial charge in [0, 0.05) is 16.8 Å². The Bertz CT molecular complexity index is 1580. The van der Waals surface area contributed by atoms with Crippen molar-refractivity contribution in [3.05, 3.63) is 108 Å². The number of aromatic nitrogens is 3. The molecule has 37 heavy (non-hydrogen) atoms. The van der Waals surface area contributed by atoms with E-state index in [0.29, 0.717) is 5.16 Å². The third-order valence-corrected chi connectivity index (χ3v) is 7.02. The van der Waals surface area contributed by atoms with Gasteiger partial charge in [0.25, 0.3) is 5.91 Å². The normalized spacial score (nSPS) is 11.6. The number of nitrogens with zero attached hydrogens (tertiary/aromatic N) is 4. The Morgan fingerprint density at radius 3 is 2.30 bits per heavy atom. The van der Waals surface area contributed by atoms with Gasteiger partial charge in [0.05, 0.1) is 11.5 Å². The molecule has 0 aliphatic carbocycles. The van der Waals surface area contributed by atoms with E-state index in [2.05, 4.69) is 77.0 Å². The summed E-state index contributed by atoms with van der Waals surface area (Å²) in [6.07, 6.45) is 0. The van der Waals surface area contributed by atoms with Crippen molar-refractivity contribution >= 4 is 34.2 Å². The van der Waals surface area contributed by atoms with Crippen molar-refractivity contribution in [2.45, 2.75) is 25.9 Å². The largest absolute Gasteiger partial charge is 0.272 e. The van der Waals surface area contributed by atoms with Gasteiger partial charge in [0.15, 0.2) is 11.0 Å². The van der Waals surface area contributed by atoms with Crippen LogP contribution in [-0.2, 0) is 4.79 Å². The molecule has 7 heteroatoms. The van der Waals surface area contributed by atoms with E-state index in [1.165, 1.54) is 22.9 Å². The lowest BCUT2D eigenvalue weighted by molar-refractivity contribution is -0.118. The quantitative estimate of drug-likeness (QED) is 0.159. The van der Waals surface area contributed by atoms with Crippen molar-refractivity contribution < 1.29 is 4.79 Å². The lowest BCUT2D eigenvalue weighted by Crippen LogP contribution is -2.21. The first-order valence-electron chi connectivity index (χ1n) is 12.0.